The van der Waals surface area contributed by atoms with Crippen LogP contribution < -0.4 is 5.73 Å². The molecule has 0 amide bonds. The van der Waals surface area contributed by atoms with Crippen LogP contribution in [-0.4, -0.2) is 9.97 Å². The van der Waals surface area contributed by atoms with Crippen LogP contribution in [0.3, 0.4) is 0 Å². The molecule has 3 rings (SSSR count). The van der Waals surface area contributed by atoms with Crippen molar-refractivity contribution in [2.24, 2.45) is 0 Å². The highest BCUT2D eigenvalue weighted by Gasteiger charge is 2.07. The standard InChI is InChI=1S/C17H17N3/c1-3-12-4-5-19-9-16(12)13-6-11(2)15-10-20-17(18)8-14(15)7-13/h4-10H,3H2,1-2H3,(H2,18,20). The molecule has 2 aromatic heterocycles. The molecule has 1 aromatic carbocycles. The lowest BCUT2D eigenvalue weighted by molar-refractivity contribution is 1.12. The Labute approximate surface area is 118 Å². The molecule has 0 atom stereocenters. The minimum Gasteiger partial charge on any atom is -0.384 e. The summed E-state index contributed by atoms with van der Waals surface area (Å²) in [5.41, 5.74) is 10.7. The number of hydrogen-bond donors (Lipinski definition) is 1. The van der Waals surface area contributed by atoms with E-state index in [1.54, 1.807) is 0 Å². The summed E-state index contributed by atoms with van der Waals surface area (Å²) in [6.45, 7) is 4.26. The zero-order valence-electron chi connectivity index (χ0n) is 11.7. The van der Waals surface area contributed by atoms with Gasteiger partial charge in [0.1, 0.15) is 5.82 Å². The van der Waals surface area contributed by atoms with Gasteiger partial charge >= 0.3 is 0 Å². The van der Waals surface area contributed by atoms with Crippen LogP contribution in [0.1, 0.15) is 18.1 Å². The van der Waals surface area contributed by atoms with Crippen molar-refractivity contribution >= 4 is 16.6 Å². The Hall–Kier alpha value is -2.42. The summed E-state index contributed by atoms with van der Waals surface area (Å²) in [5, 5.41) is 2.27. The molecule has 3 heteroatoms. The van der Waals surface area contributed by atoms with Gasteiger partial charge in [0.05, 0.1) is 0 Å². The second-order valence-electron chi connectivity index (χ2n) is 5.01. The molecule has 0 aliphatic carbocycles. The molecule has 3 nitrogen and oxygen atoms in total. The van der Waals surface area contributed by atoms with E-state index in [1.807, 2.05) is 24.7 Å². The van der Waals surface area contributed by atoms with Crippen molar-refractivity contribution in [1.29, 1.82) is 0 Å². The number of nitrogens with two attached hydrogens (primary N) is 1. The number of nitrogens with zero attached hydrogens (tertiary/aromatic N) is 2. The van der Waals surface area contributed by atoms with E-state index in [2.05, 4.69) is 42.0 Å². The summed E-state index contributed by atoms with van der Waals surface area (Å²) >= 11 is 0. The molecule has 0 bridgehead atoms. The molecule has 0 fully saturated rings. The van der Waals surface area contributed by atoms with Gasteiger partial charge in [0.25, 0.3) is 0 Å². The molecule has 0 radical (unpaired) electrons. The van der Waals surface area contributed by atoms with Gasteiger partial charge in [0, 0.05) is 29.5 Å². The first kappa shape index (κ1) is 12.6. The smallest absolute Gasteiger partial charge is 0.123 e. The number of anilines is 1. The Morgan fingerprint density at radius 1 is 1.15 bits per heavy atom. The molecule has 0 unspecified atom stereocenters. The van der Waals surface area contributed by atoms with Crippen LogP contribution in [-0.2, 0) is 6.42 Å². The van der Waals surface area contributed by atoms with Crippen molar-refractivity contribution in [2.75, 3.05) is 5.73 Å². The molecule has 0 saturated heterocycles. The maximum Gasteiger partial charge on any atom is 0.123 e. The summed E-state index contributed by atoms with van der Waals surface area (Å²) in [7, 11) is 0. The van der Waals surface area contributed by atoms with Gasteiger partial charge < -0.3 is 5.73 Å². The Bertz CT molecular complexity index is 778. The largest absolute Gasteiger partial charge is 0.384 e. The number of nitrogen functional groups attached to an aromatic ring is 1. The Kier molecular flexibility index (Phi) is 3.11. The SMILES string of the molecule is CCc1ccncc1-c1cc(C)c2cnc(N)cc2c1. The van der Waals surface area contributed by atoms with Crippen molar-refractivity contribution in [3.8, 4) is 11.1 Å². The van der Waals surface area contributed by atoms with E-state index in [0.29, 0.717) is 5.82 Å². The highest BCUT2D eigenvalue weighted by atomic mass is 14.8. The molecule has 2 N–H and O–H groups in total. The summed E-state index contributed by atoms with van der Waals surface area (Å²) in [4.78, 5) is 8.43. The zero-order chi connectivity index (χ0) is 14.1. The van der Waals surface area contributed by atoms with Crippen LogP contribution in [0.4, 0.5) is 5.82 Å². The molecule has 100 valence electrons. The molecule has 0 aliphatic rings. The van der Waals surface area contributed by atoms with Gasteiger partial charge in [-0.15, -0.1) is 0 Å². The molecule has 20 heavy (non-hydrogen) atoms. The Morgan fingerprint density at radius 3 is 2.80 bits per heavy atom. The van der Waals surface area contributed by atoms with E-state index in [0.717, 1.165) is 17.2 Å². The summed E-state index contributed by atoms with van der Waals surface area (Å²) in [5.74, 6) is 0.552. The highest BCUT2D eigenvalue weighted by Crippen LogP contribution is 2.29. The number of benzene rings is 1. The average Bonchev–Trinajstić information content (AvgIpc) is 2.46. The topological polar surface area (TPSA) is 51.8 Å². The average molecular weight is 263 g/mol. The van der Waals surface area contributed by atoms with Gasteiger partial charge in [-0.05, 0) is 53.6 Å². The van der Waals surface area contributed by atoms with E-state index < -0.39 is 0 Å². The van der Waals surface area contributed by atoms with Crippen LogP contribution in [0.15, 0.2) is 42.9 Å². The van der Waals surface area contributed by atoms with Gasteiger partial charge in [0.15, 0.2) is 0 Å². The summed E-state index contributed by atoms with van der Waals surface area (Å²) in [6, 6.07) is 8.36. The fourth-order valence-corrected chi connectivity index (χ4v) is 2.60. The van der Waals surface area contributed by atoms with Crippen molar-refractivity contribution in [3.05, 3.63) is 54.0 Å². The molecule has 0 aliphatic heterocycles. The van der Waals surface area contributed by atoms with E-state index in [-0.39, 0.29) is 0 Å². The number of rotatable bonds is 2. The van der Waals surface area contributed by atoms with Crippen molar-refractivity contribution in [1.82, 2.24) is 9.97 Å². The van der Waals surface area contributed by atoms with Crippen molar-refractivity contribution in [3.63, 3.8) is 0 Å². The first-order valence-corrected chi connectivity index (χ1v) is 6.78. The number of aryl methyl sites for hydroxylation is 2. The fourth-order valence-electron chi connectivity index (χ4n) is 2.60. The van der Waals surface area contributed by atoms with E-state index in [4.69, 9.17) is 5.73 Å². The molecular formula is C17H17N3. The first-order valence-electron chi connectivity index (χ1n) is 6.78. The number of hydrogen-bond acceptors (Lipinski definition) is 3. The lowest BCUT2D eigenvalue weighted by Gasteiger charge is -2.10. The molecule has 0 saturated carbocycles. The number of fused-ring (bicyclic) bond motifs is 1. The van der Waals surface area contributed by atoms with Crippen LogP contribution in [0.5, 0.6) is 0 Å². The van der Waals surface area contributed by atoms with Crippen LogP contribution in [0.25, 0.3) is 21.9 Å². The van der Waals surface area contributed by atoms with Gasteiger partial charge in [-0.3, -0.25) is 4.98 Å². The molecule has 2 heterocycles. The second kappa shape index (κ2) is 4.93. The third-order valence-corrected chi connectivity index (χ3v) is 3.67. The highest BCUT2D eigenvalue weighted by molar-refractivity contribution is 5.91. The van der Waals surface area contributed by atoms with Crippen LogP contribution >= 0.6 is 0 Å². The monoisotopic (exact) mass is 263 g/mol. The predicted octanol–water partition coefficient (Wildman–Crippen LogP) is 3.75. The first-order chi connectivity index (χ1) is 9.69. The van der Waals surface area contributed by atoms with Gasteiger partial charge in [-0.1, -0.05) is 13.0 Å². The van der Waals surface area contributed by atoms with Crippen molar-refractivity contribution < 1.29 is 0 Å². The minimum atomic E-state index is 0.552. The summed E-state index contributed by atoms with van der Waals surface area (Å²) < 4.78 is 0. The second-order valence-corrected chi connectivity index (χ2v) is 5.01. The predicted molar refractivity (Wildman–Crippen MR) is 83.5 cm³/mol. The maximum atomic E-state index is 5.80. The minimum absolute atomic E-state index is 0.552. The Balaban J connectivity index is 2.26. The van der Waals surface area contributed by atoms with E-state index >= 15 is 0 Å². The third-order valence-electron chi connectivity index (χ3n) is 3.67. The number of aromatic nitrogens is 2. The molecule has 0 spiro atoms. The lowest BCUT2D eigenvalue weighted by Crippen LogP contribution is -1.93. The third kappa shape index (κ3) is 2.11. The van der Waals surface area contributed by atoms with E-state index in [1.165, 1.54) is 22.3 Å². The van der Waals surface area contributed by atoms with Gasteiger partial charge in [-0.25, -0.2) is 4.98 Å². The maximum absolute atomic E-state index is 5.80. The fraction of sp³-hybridized carbons (Fsp3) is 0.176. The van der Waals surface area contributed by atoms with Gasteiger partial charge in [-0.2, -0.15) is 0 Å². The number of pyridine rings is 2. The Morgan fingerprint density at radius 2 is 2.00 bits per heavy atom. The zero-order valence-corrected chi connectivity index (χ0v) is 11.7. The van der Waals surface area contributed by atoms with Crippen LogP contribution in [0, 0.1) is 6.92 Å². The van der Waals surface area contributed by atoms with E-state index in [9.17, 15) is 0 Å². The summed E-state index contributed by atoms with van der Waals surface area (Å²) in [6.07, 6.45) is 6.61. The molecule has 3 aromatic rings. The molecular weight excluding hydrogens is 246 g/mol. The van der Waals surface area contributed by atoms with Crippen LogP contribution in [0.2, 0.25) is 0 Å². The van der Waals surface area contributed by atoms with Gasteiger partial charge in [0.2, 0.25) is 0 Å². The quantitative estimate of drug-likeness (QED) is 0.766. The van der Waals surface area contributed by atoms with Crippen molar-refractivity contribution in [2.45, 2.75) is 20.3 Å². The normalized spacial score (nSPS) is 10.9. The lowest BCUT2D eigenvalue weighted by atomic mass is 9.96.